The van der Waals surface area contributed by atoms with Crippen LogP contribution in [0.3, 0.4) is 0 Å². The standard InChI is InChI=1S/4ClH.H3P/h4*1H;1H3. The van der Waals surface area contributed by atoms with Gasteiger partial charge in [0.25, 0.3) is 0 Å². The van der Waals surface area contributed by atoms with Gasteiger partial charge in [-0.2, -0.15) is 9.90 Å². The van der Waals surface area contributed by atoms with Crippen LogP contribution in [-0.2, 0) is 0 Å². The SMILES string of the molecule is Cl.Cl.Cl.Cl.P. The molecule has 0 radical (unpaired) electrons. The molecule has 0 bridgehead atoms. The first-order valence-electron chi connectivity index (χ1n) is 0. The Morgan fingerprint density at radius 1 is 0.400 bits per heavy atom. The summed E-state index contributed by atoms with van der Waals surface area (Å²) in [5.41, 5.74) is 0. The summed E-state index contributed by atoms with van der Waals surface area (Å²) in [6, 6.07) is 0. The number of rotatable bonds is 0. The van der Waals surface area contributed by atoms with Gasteiger partial charge in [-0.1, -0.05) is 0 Å². The fourth-order valence-corrected chi connectivity index (χ4v) is 0. The van der Waals surface area contributed by atoms with Gasteiger partial charge in [-0.05, 0) is 0 Å². The van der Waals surface area contributed by atoms with Gasteiger partial charge in [0.15, 0.2) is 0 Å². The second-order valence-corrected chi connectivity index (χ2v) is 0. The van der Waals surface area contributed by atoms with E-state index < -0.39 is 0 Å². The molecule has 5 heteroatoms. The van der Waals surface area contributed by atoms with Crippen LogP contribution in [0.25, 0.3) is 0 Å². The first-order valence-corrected chi connectivity index (χ1v) is 0. The maximum absolute atomic E-state index is 0. The molecule has 1 atom stereocenters. The molecule has 0 aromatic rings. The zero-order valence-electron chi connectivity index (χ0n) is 2.34. The zero-order chi connectivity index (χ0) is 0. The van der Waals surface area contributed by atoms with Crippen molar-refractivity contribution in [3.8, 4) is 0 Å². The Kier molecular flexibility index (Phi) is 759. The van der Waals surface area contributed by atoms with Crippen molar-refractivity contribution >= 4 is 59.5 Å². The number of halogens is 4. The highest BCUT2D eigenvalue weighted by molar-refractivity contribution is 6.92. The van der Waals surface area contributed by atoms with E-state index in [1.54, 1.807) is 0 Å². The molecule has 0 aromatic heterocycles. The summed E-state index contributed by atoms with van der Waals surface area (Å²) in [5, 5.41) is 0. The average molecular weight is 180 g/mol. The molecule has 0 nitrogen and oxygen atoms in total. The Balaban J connectivity index is 0. The number of hydrogen-bond acceptors (Lipinski definition) is 0. The van der Waals surface area contributed by atoms with Gasteiger partial charge >= 0.3 is 0 Å². The predicted molar refractivity (Wildman–Crippen MR) is 40.1 cm³/mol. The summed E-state index contributed by atoms with van der Waals surface area (Å²) in [4.78, 5) is 0. The first-order chi connectivity index (χ1) is 0. The van der Waals surface area contributed by atoms with Gasteiger partial charge in [-0.15, -0.1) is 49.6 Å². The van der Waals surface area contributed by atoms with Gasteiger partial charge in [0.2, 0.25) is 0 Å². The van der Waals surface area contributed by atoms with Crippen LogP contribution in [0.4, 0.5) is 0 Å². The lowest BCUT2D eigenvalue weighted by Crippen LogP contribution is 0.688. The van der Waals surface area contributed by atoms with Crippen molar-refractivity contribution < 1.29 is 0 Å². The van der Waals surface area contributed by atoms with Gasteiger partial charge in [0.1, 0.15) is 0 Å². The predicted octanol–water partition coefficient (Wildman–Crippen LogP) is 1.75. The summed E-state index contributed by atoms with van der Waals surface area (Å²) >= 11 is 0. The third-order valence-corrected chi connectivity index (χ3v) is 0. The summed E-state index contributed by atoms with van der Waals surface area (Å²) in [5.74, 6) is 0. The van der Waals surface area contributed by atoms with E-state index in [0.717, 1.165) is 0 Å². The van der Waals surface area contributed by atoms with E-state index in [1.165, 1.54) is 0 Å². The molecule has 40 valence electrons. The van der Waals surface area contributed by atoms with Crippen LogP contribution in [0.1, 0.15) is 0 Å². The Morgan fingerprint density at radius 2 is 0.400 bits per heavy atom. The lowest BCUT2D eigenvalue weighted by atomic mass is 31.0. The molecule has 0 aliphatic carbocycles. The molecule has 0 fully saturated rings. The Labute approximate surface area is 59.7 Å². The van der Waals surface area contributed by atoms with Gasteiger partial charge < -0.3 is 0 Å². The normalized spacial score (nSPS) is 0. The fourth-order valence-electron chi connectivity index (χ4n) is 0. The van der Waals surface area contributed by atoms with Gasteiger partial charge in [-0.3, -0.25) is 0 Å². The molecule has 1 unspecified atom stereocenters. The molecule has 0 aromatic carbocycles. The van der Waals surface area contributed by atoms with E-state index in [1.807, 2.05) is 0 Å². The number of hydrogen-bond donors (Lipinski definition) is 0. The molecule has 0 saturated carbocycles. The van der Waals surface area contributed by atoms with E-state index in [9.17, 15) is 0 Å². The van der Waals surface area contributed by atoms with E-state index in [2.05, 4.69) is 0 Å². The van der Waals surface area contributed by atoms with E-state index in [0.29, 0.717) is 0 Å². The molecule has 0 amide bonds. The first kappa shape index (κ1) is 81.5. The minimum absolute atomic E-state index is 0. The molecule has 0 aliphatic rings. The maximum atomic E-state index is 0. The van der Waals surface area contributed by atoms with Crippen LogP contribution in [0.2, 0.25) is 0 Å². The lowest BCUT2D eigenvalue weighted by molar-refractivity contribution is 5.85. The highest BCUT2D eigenvalue weighted by atomic mass is 35.5. The van der Waals surface area contributed by atoms with Crippen LogP contribution in [0.5, 0.6) is 0 Å². The minimum atomic E-state index is 0. The molecule has 5 heavy (non-hydrogen) atoms. The Bertz CT molecular complexity index is 3.61. The highest BCUT2D eigenvalue weighted by Crippen LogP contribution is 0.861. The molecular formula is H7Cl4P. The second-order valence-electron chi connectivity index (χ2n) is 0. The smallest absolute Gasteiger partial charge is 0.147 e. The molecule has 0 aliphatic heterocycles. The summed E-state index contributed by atoms with van der Waals surface area (Å²) < 4.78 is 0. The van der Waals surface area contributed by atoms with E-state index >= 15 is 0 Å². The highest BCUT2D eigenvalue weighted by Gasteiger charge is -0.143. The largest absolute Gasteiger partial charge is 0.153 e. The van der Waals surface area contributed by atoms with E-state index in [4.69, 9.17) is 0 Å². The van der Waals surface area contributed by atoms with Gasteiger partial charge in [0.05, 0.1) is 0 Å². The van der Waals surface area contributed by atoms with Crippen molar-refractivity contribution in [1.82, 2.24) is 0 Å². The van der Waals surface area contributed by atoms with Crippen molar-refractivity contribution in [1.29, 1.82) is 0 Å². The van der Waals surface area contributed by atoms with Crippen LogP contribution in [0, 0.1) is 0 Å². The van der Waals surface area contributed by atoms with Crippen molar-refractivity contribution in [2.45, 2.75) is 0 Å². The Morgan fingerprint density at radius 3 is 0.400 bits per heavy atom. The monoisotopic (exact) mass is 178 g/mol. The molecule has 0 N–H and O–H groups in total. The van der Waals surface area contributed by atoms with Crippen LogP contribution >= 0.6 is 59.5 Å². The van der Waals surface area contributed by atoms with E-state index in [-0.39, 0.29) is 59.5 Å². The lowest BCUT2D eigenvalue weighted by Gasteiger charge is -0.154. The second kappa shape index (κ2) is 46.6. The van der Waals surface area contributed by atoms with Crippen molar-refractivity contribution in [3.05, 3.63) is 0 Å². The Hall–Kier alpha value is 1.59. The third-order valence-electron chi connectivity index (χ3n) is 0. The molecule has 0 spiro atoms. The summed E-state index contributed by atoms with van der Waals surface area (Å²) in [7, 11) is 0. The molecule has 0 saturated heterocycles. The molecular weight excluding hydrogens is 173 g/mol. The topological polar surface area (TPSA) is 0 Å². The quantitative estimate of drug-likeness (QED) is 0.498. The zero-order valence-corrected chi connectivity index (χ0v) is 7.02. The van der Waals surface area contributed by atoms with Crippen molar-refractivity contribution in [3.63, 3.8) is 0 Å². The van der Waals surface area contributed by atoms with Crippen LogP contribution < -0.4 is 0 Å². The molecule has 0 rings (SSSR count). The van der Waals surface area contributed by atoms with Crippen LogP contribution in [0.15, 0.2) is 0 Å². The summed E-state index contributed by atoms with van der Waals surface area (Å²) in [6.07, 6.45) is 0. The van der Waals surface area contributed by atoms with Gasteiger partial charge in [0, 0.05) is 0 Å². The van der Waals surface area contributed by atoms with Crippen LogP contribution in [-0.4, -0.2) is 0 Å². The third kappa shape index (κ3) is 28.5. The van der Waals surface area contributed by atoms with Crippen molar-refractivity contribution in [2.24, 2.45) is 0 Å². The maximum Gasteiger partial charge on any atom is -0.147 e. The minimum Gasteiger partial charge on any atom is -0.153 e. The summed E-state index contributed by atoms with van der Waals surface area (Å²) in [6.45, 7) is 0. The van der Waals surface area contributed by atoms with Gasteiger partial charge in [-0.25, -0.2) is 0 Å². The average Bonchev–Trinajstić information content (AvgIpc) is 0. The fraction of sp³-hybridized carbons (Fsp3) is 0. The molecule has 0 heterocycles. The van der Waals surface area contributed by atoms with Crippen molar-refractivity contribution in [2.75, 3.05) is 0 Å².